The van der Waals surface area contributed by atoms with E-state index in [0.717, 1.165) is 48.1 Å². The predicted octanol–water partition coefficient (Wildman–Crippen LogP) is 2.77. The van der Waals surface area contributed by atoms with Gasteiger partial charge in [0.1, 0.15) is 0 Å². The normalized spacial score (nSPS) is 22.4. The van der Waals surface area contributed by atoms with Crippen molar-refractivity contribution in [3.8, 4) is 0 Å². The van der Waals surface area contributed by atoms with Gasteiger partial charge < -0.3 is 15.4 Å². The highest BCUT2D eigenvalue weighted by Crippen LogP contribution is 2.58. The van der Waals surface area contributed by atoms with Gasteiger partial charge in [-0.3, -0.25) is 4.79 Å². The van der Waals surface area contributed by atoms with Crippen molar-refractivity contribution in [3.05, 3.63) is 23.8 Å². The van der Waals surface area contributed by atoms with E-state index in [1.807, 2.05) is 18.2 Å². The number of methoxy groups -OCH3 is 1. The van der Waals surface area contributed by atoms with Crippen molar-refractivity contribution in [1.29, 1.82) is 0 Å². The number of hydrogen-bond donors (Lipinski definition) is 2. The van der Waals surface area contributed by atoms with Gasteiger partial charge in [-0.05, 0) is 43.8 Å². The molecular formula is C17H21N3O2S. The first-order chi connectivity index (χ1) is 11.2. The van der Waals surface area contributed by atoms with Crippen LogP contribution in [0.3, 0.4) is 0 Å². The molecular weight excluding hydrogens is 310 g/mol. The molecule has 1 aliphatic heterocycles. The van der Waals surface area contributed by atoms with Crippen LogP contribution in [0.5, 0.6) is 0 Å². The van der Waals surface area contributed by atoms with Gasteiger partial charge in [-0.1, -0.05) is 23.5 Å². The van der Waals surface area contributed by atoms with Crippen molar-refractivity contribution >= 4 is 32.6 Å². The van der Waals surface area contributed by atoms with E-state index in [2.05, 4.69) is 15.6 Å². The minimum absolute atomic E-state index is 0.138. The van der Waals surface area contributed by atoms with Gasteiger partial charge in [-0.15, -0.1) is 0 Å². The molecule has 1 atom stereocenters. The van der Waals surface area contributed by atoms with Crippen LogP contribution >= 0.6 is 11.3 Å². The van der Waals surface area contributed by atoms with Crippen LogP contribution in [0.4, 0.5) is 5.13 Å². The molecule has 1 saturated carbocycles. The lowest BCUT2D eigenvalue weighted by molar-refractivity contribution is -0.118. The van der Waals surface area contributed by atoms with E-state index < -0.39 is 0 Å². The number of nitrogens with one attached hydrogen (secondary N) is 2. The van der Waals surface area contributed by atoms with Crippen molar-refractivity contribution in [2.24, 2.45) is 11.3 Å². The van der Waals surface area contributed by atoms with Gasteiger partial charge >= 0.3 is 0 Å². The number of benzene rings is 1. The van der Waals surface area contributed by atoms with Crippen molar-refractivity contribution in [2.75, 3.05) is 25.5 Å². The molecule has 2 fully saturated rings. The van der Waals surface area contributed by atoms with E-state index in [4.69, 9.17) is 4.74 Å². The third-order valence-corrected chi connectivity index (χ3v) is 6.07. The predicted molar refractivity (Wildman–Crippen MR) is 91.6 cm³/mol. The molecule has 4 rings (SSSR count). The lowest BCUT2D eigenvalue weighted by Crippen LogP contribution is -2.31. The fourth-order valence-electron chi connectivity index (χ4n) is 3.72. The summed E-state index contributed by atoms with van der Waals surface area (Å²) in [4.78, 5) is 17.2. The number of aromatic nitrogens is 1. The summed E-state index contributed by atoms with van der Waals surface area (Å²) < 4.78 is 6.31. The Morgan fingerprint density at radius 3 is 3.09 bits per heavy atom. The fraction of sp³-hybridized carbons (Fsp3) is 0.529. The zero-order valence-electron chi connectivity index (χ0n) is 13.2. The average molecular weight is 331 g/mol. The van der Waals surface area contributed by atoms with Gasteiger partial charge in [0, 0.05) is 18.6 Å². The smallest absolute Gasteiger partial charge is 0.229 e. The highest BCUT2D eigenvalue weighted by Gasteiger charge is 2.57. The van der Waals surface area contributed by atoms with E-state index in [0.29, 0.717) is 11.7 Å². The molecule has 1 spiro atoms. The number of carbonyl (C=O) groups excluding carboxylic acids is 1. The Labute approximate surface area is 139 Å². The number of nitrogens with zero attached hydrogens (tertiary/aromatic N) is 1. The van der Waals surface area contributed by atoms with Crippen LogP contribution in [-0.2, 0) is 16.1 Å². The van der Waals surface area contributed by atoms with E-state index in [9.17, 15) is 4.79 Å². The maximum Gasteiger partial charge on any atom is 0.229 e. The Morgan fingerprint density at radius 1 is 1.48 bits per heavy atom. The Morgan fingerprint density at radius 2 is 2.30 bits per heavy atom. The zero-order valence-corrected chi connectivity index (χ0v) is 14.0. The largest absolute Gasteiger partial charge is 0.380 e. The third kappa shape index (κ3) is 2.75. The number of amides is 1. The Bertz CT molecular complexity index is 737. The van der Waals surface area contributed by atoms with E-state index in [-0.39, 0.29) is 17.2 Å². The first kappa shape index (κ1) is 15.1. The quantitative estimate of drug-likeness (QED) is 0.904. The molecule has 2 aromatic rings. The highest BCUT2D eigenvalue weighted by molar-refractivity contribution is 7.22. The van der Waals surface area contributed by atoms with Gasteiger partial charge in [-0.2, -0.15) is 0 Å². The lowest BCUT2D eigenvalue weighted by atomic mass is 9.92. The number of thiazole rings is 1. The number of para-hydroxylation sites is 1. The van der Waals surface area contributed by atoms with Crippen molar-refractivity contribution in [3.63, 3.8) is 0 Å². The second-order valence-corrected chi connectivity index (χ2v) is 7.60. The molecule has 2 aliphatic rings. The monoisotopic (exact) mass is 331 g/mol. The summed E-state index contributed by atoms with van der Waals surface area (Å²) in [6.45, 7) is 2.60. The summed E-state index contributed by atoms with van der Waals surface area (Å²) in [5.41, 5.74) is 2.25. The molecule has 6 heteroatoms. The summed E-state index contributed by atoms with van der Waals surface area (Å²) in [6.07, 6.45) is 3.26. The molecule has 122 valence electrons. The second kappa shape index (κ2) is 5.85. The molecule has 1 aromatic heterocycles. The zero-order chi connectivity index (χ0) is 15.9. The number of piperidine rings is 1. The number of hydrogen-bond acceptors (Lipinski definition) is 5. The minimum atomic E-state index is 0.138. The summed E-state index contributed by atoms with van der Waals surface area (Å²) in [5, 5.41) is 7.11. The van der Waals surface area contributed by atoms with Crippen LogP contribution in [0.25, 0.3) is 10.2 Å². The minimum Gasteiger partial charge on any atom is -0.380 e. The molecule has 1 unspecified atom stereocenters. The van der Waals surface area contributed by atoms with Crippen LogP contribution in [0.2, 0.25) is 0 Å². The van der Waals surface area contributed by atoms with E-state index >= 15 is 0 Å². The van der Waals surface area contributed by atoms with Gasteiger partial charge in [0.2, 0.25) is 5.91 Å². The molecule has 0 bridgehead atoms. The molecule has 2 heterocycles. The van der Waals surface area contributed by atoms with Crippen molar-refractivity contribution in [2.45, 2.75) is 25.9 Å². The molecule has 0 radical (unpaired) electrons. The molecule has 1 aliphatic carbocycles. The molecule has 1 amide bonds. The molecule has 1 saturated heterocycles. The summed E-state index contributed by atoms with van der Waals surface area (Å²) in [5.74, 6) is 0.300. The molecule has 23 heavy (non-hydrogen) atoms. The van der Waals surface area contributed by atoms with Crippen LogP contribution < -0.4 is 10.6 Å². The summed E-state index contributed by atoms with van der Waals surface area (Å²) in [6, 6.07) is 6.06. The third-order valence-electron chi connectivity index (χ3n) is 5.14. The van der Waals surface area contributed by atoms with Crippen LogP contribution in [0, 0.1) is 11.3 Å². The van der Waals surface area contributed by atoms with Gasteiger partial charge in [-0.25, -0.2) is 4.98 Å². The highest BCUT2D eigenvalue weighted by atomic mass is 32.1. The number of carbonyl (C=O) groups is 1. The number of anilines is 1. The van der Waals surface area contributed by atoms with Crippen LogP contribution in [0.15, 0.2) is 18.2 Å². The Balaban J connectivity index is 1.50. The first-order valence-corrected chi connectivity index (χ1v) is 8.92. The van der Waals surface area contributed by atoms with E-state index in [1.54, 1.807) is 7.11 Å². The Hall–Kier alpha value is -1.50. The summed E-state index contributed by atoms with van der Waals surface area (Å²) in [7, 11) is 1.68. The van der Waals surface area contributed by atoms with Gasteiger partial charge in [0.05, 0.1) is 16.8 Å². The van der Waals surface area contributed by atoms with Crippen molar-refractivity contribution in [1.82, 2.24) is 10.3 Å². The SMILES string of the molecule is COCc1cccc2sc(NC(=O)C3CC34CCNCC4)nc12. The summed E-state index contributed by atoms with van der Waals surface area (Å²) >= 11 is 1.53. The number of ether oxygens (including phenoxy) is 1. The van der Waals surface area contributed by atoms with Crippen molar-refractivity contribution < 1.29 is 9.53 Å². The second-order valence-electron chi connectivity index (χ2n) is 6.57. The fourth-order valence-corrected chi connectivity index (χ4v) is 4.64. The average Bonchev–Trinajstić information content (AvgIpc) is 3.07. The topological polar surface area (TPSA) is 63.2 Å². The van der Waals surface area contributed by atoms with E-state index in [1.165, 1.54) is 11.3 Å². The van der Waals surface area contributed by atoms with Crippen LogP contribution in [-0.4, -0.2) is 31.1 Å². The van der Waals surface area contributed by atoms with Gasteiger partial charge in [0.25, 0.3) is 0 Å². The maximum absolute atomic E-state index is 12.5. The Kier molecular flexibility index (Phi) is 3.83. The molecule has 2 N–H and O–H groups in total. The number of fused-ring (bicyclic) bond motifs is 1. The standard InChI is InChI=1S/C17H21N3O2S/c1-22-10-11-3-2-4-13-14(11)19-16(23-13)20-15(21)12-9-17(12)5-7-18-8-6-17/h2-4,12,18H,5-10H2,1H3,(H,19,20,21). The number of rotatable bonds is 4. The lowest BCUT2D eigenvalue weighted by Gasteiger charge is -2.22. The maximum atomic E-state index is 12.5. The molecule has 5 nitrogen and oxygen atoms in total. The van der Waals surface area contributed by atoms with Gasteiger partial charge in [0.15, 0.2) is 5.13 Å². The van der Waals surface area contributed by atoms with Crippen LogP contribution in [0.1, 0.15) is 24.8 Å². The first-order valence-electron chi connectivity index (χ1n) is 8.11. The molecule has 1 aromatic carbocycles.